The van der Waals surface area contributed by atoms with Crippen LogP contribution in [0.2, 0.25) is 0 Å². The standard InChI is InChI=1S/C24H25NO3/c1-16-8-7-13-20(21(16)17-9-3-2-4-10-17)22(26)25-24(23(27)28)14-18-11-5-6-12-19(18)15-24/h5-9,11-13H,2-4,10,14-15H2,1H3,(H,25,26)(H,27,28). The smallest absolute Gasteiger partial charge is 0.330 e. The zero-order valence-electron chi connectivity index (χ0n) is 16.1. The minimum atomic E-state index is -1.29. The third kappa shape index (κ3) is 3.24. The number of aliphatic carboxylic acids is 1. The topological polar surface area (TPSA) is 66.4 Å². The van der Waals surface area contributed by atoms with Gasteiger partial charge in [0.1, 0.15) is 5.54 Å². The van der Waals surface area contributed by atoms with Gasteiger partial charge in [0.15, 0.2) is 0 Å². The summed E-state index contributed by atoms with van der Waals surface area (Å²) in [5.41, 5.74) is 4.49. The fourth-order valence-electron chi connectivity index (χ4n) is 4.54. The van der Waals surface area contributed by atoms with E-state index in [9.17, 15) is 14.7 Å². The summed E-state index contributed by atoms with van der Waals surface area (Å²) in [7, 11) is 0. The molecule has 0 saturated carbocycles. The van der Waals surface area contributed by atoms with Gasteiger partial charge in [0.2, 0.25) is 0 Å². The molecular formula is C24H25NO3. The van der Waals surface area contributed by atoms with Gasteiger partial charge in [0.25, 0.3) is 5.91 Å². The fraction of sp³-hybridized carbons (Fsp3) is 0.333. The van der Waals surface area contributed by atoms with Crippen LogP contribution >= 0.6 is 0 Å². The SMILES string of the molecule is Cc1cccc(C(=O)NC2(C(=O)O)Cc3ccccc3C2)c1C1=CCCCC1. The van der Waals surface area contributed by atoms with Crippen molar-refractivity contribution in [1.29, 1.82) is 0 Å². The summed E-state index contributed by atoms with van der Waals surface area (Å²) in [5.74, 6) is -1.29. The molecule has 0 aromatic heterocycles. The van der Waals surface area contributed by atoms with Crippen molar-refractivity contribution in [3.63, 3.8) is 0 Å². The van der Waals surface area contributed by atoms with Gasteiger partial charge in [-0.3, -0.25) is 4.79 Å². The molecule has 0 unspecified atom stereocenters. The quantitative estimate of drug-likeness (QED) is 0.837. The van der Waals surface area contributed by atoms with Crippen molar-refractivity contribution in [2.75, 3.05) is 0 Å². The Morgan fingerprint density at radius 3 is 2.32 bits per heavy atom. The Morgan fingerprint density at radius 1 is 1.00 bits per heavy atom. The summed E-state index contributed by atoms with van der Waals surface area (Å²) in [4.78, 5) is 25.5. The lowest BCUT2D eigenvalue weighted by Gasteiger charge is -2.27. The van der Waals surface area contributed by atoms with Crippen molar-refractivity contribution < 1.29 is 14.7 Å². The van der Waals surface area contributed by atoms with Gasteiger partial charge in [-0.05, 0) is 66.5 Å². The molecule has 2 aliphatic rings. The second kappa shape index (κ2) is 7.27. The van der Waals surface area contributed by atoms with Gasteiger partial charge in [-0.25, -0.2) is 4.79 Å². The molecule has 0 aliphatic heterocycles. The monoisotopic (exact) mass is 375 g/mol. The summed E-state index contributed by atoms with van der Waals surface area (Å²) in [6.45, 7) is 2.01. The number of carbonyl (C=O) groups excluding carboxylic acids is 1. The summed E-state index contributed by atoms with van der Waals surface area (Å²) >= 11 is 0. The van der Waals surface area contributed by atoms with E-state index in [-0.39, 0.29) is 5.91 Å². The van der Waals surface area contributed by atoms with Crippen LogP contribution in [0.1, 0.15) is 58.3 Å². The Hall–Kier alpha value is -2.88. The van der Waals surface area contributed by atoms with Gasteiger partial charge in [-0.15, -0.1) is 0 Å². The Balaban J connectivity index is 1.68. The Labute approximate surface area is 165 Å². The Kier molecular flexibility index (Phi) is 4.80. The molecule has 4 rings (SSSR count). The average molecular weight is 375 g/mol. The predicted octanol–water partition coefficient (Wildman–Crippen LogP) is 4.30. The van der Waals surface area contributed by atoms with Gasteiger partial charge in [-0.1, -0.05) is 42.5 Å². The van der Waals surface area contributed by atoms with E-state index >= 15 is 0 Å². The molecule has 4 nitrogen and oxygen atoms in total. The second-order valence-corrected chi connectivity index (χ2v) is 7.94. The van der Waals surface area contributed by atoms with E-state index in [4.69, 9.17) is 0 Å². The molecule has 2 aliphatic carbocycles. The third-order valence-corrected chi connectivity index (χ3v) is 5.99. The summed E-state index contributed by atoms with van der Waals surface area (Å²) < 4.78 is 0. The van der Waals surface area contributed by atoms with E-state index in [2.05, 4.69) is 11.4 Å². The number of fused-ring (bicyclic) bond motifs is 1. The number of carboxylic acids is 1. The van der Waals surface area contributed by atoms with Crippen molar-refractivity contribution in [3.05, 3.63) is 76.4 Å². The van der Waals surface area contributed by atoms with Crippen molar-refractivity contribution in [1.82, 2.24) is 5.32 Å². The third-order valence-electron chi connectivity index (χ3n) is 5.99. The van der Waals surface area contributed by atoms with Crippen molar-refractivity contribution >= 4 is 17.4 Å². The summed E-state index contributed by atoms with van der Waals surface area (Å²) in [5, 5.41) is 12.9. The van der Waals surface area contributed by atoms with Gasteiger partial charge in [0, 0.05) is 18.4 Å². The number of aryl methyl sites for hydroxylation is 1. The molecule has 0 atom stereocenters. The maximum atomic E-state index is 13.3. The average Bonchev–Trinajstić information content (AvgIpc) is 3.08. The maximum Gasteiger partial charge on any atom is 0.330 e. The summed E-state index contributed by atoms with van der Waals surface area (Å²) in [6.07, 6.45) is 7.13. The van der Waals surface area contributed by atoms with Gasteiger partial charge in [0.05, 0.1) is 0 Å². The predicted molar refractivity (Wildman–Crippen MR) is 109 cm³/mol. The highest BCUT2D eigenvalue weighted by atomic mass is 16.4. The number of hydrogen-bond acceptors (Lipinski definition) is 2. The molecule has 28 heavy (non-hydrogen) atoms. The van der Waals surface area contributed by atoms with E-state index in [1.165, 1.54) is 12.0 Å². The number of hydrogen-bond donors (Lipinski definition) is 2. The number of carbonyl (C=O) groups is 2. The first-order valence-corrected chi connectivity index (χ1v) is 9.92. The largest absolute Gasteiger partial charge is 0.479 e. The maximum absolute atomic E-state index is 13.3. The first-order chi connectivity index (χ1) is 13.5. The molecular weight excluding hydrogens is 350 g/mol. The number of nitrogens with one attached hydrogen (secondary N) is 1. The lowest BCUT2D eigenvalue weighted by molar-refractivity contribution is -0.144. The number of benzene rings is 2. The van der Waals surface area contributed by atoms with Crippen LogP contribution in [0.4, 0.5) is 0 Å². The van der Waals surface area contributed by atoms with Crippen LogP contribution in [0.3, 0.4) is 0 Å². The Bertz CT molecular complexity index is 949. The highest BCUT2D eigenvalue weighted by Gasteiger charge is 2.45. The van der Waals surface area contributed by atoms with Crippen LogP contribution in [-0.4, -0.2) is 22.5 Å². The van der Waals surface area contributed by atoms with Gasteiger partial charge < -0.3 is 10.4 Å². The first-order valence-electron chi connectivity index (χ1n) is 9.92. The van der Waals surface area contributed by atoms with Crippen molar-refractivity contribution in [3.8, 4) is 0 Å². The van der Waals surface area contributed by atoms with E-state index in [1.807, 2.05) is 49.4 Å². The molecule has 2 N–H and O–H groups in total. The van der Waals surface area contributed by atoms with Crippen molar-refractivity contribution in [2.45, 2.75) is 51.0 Å². The van der Waals surface area contributed by atoms with E-state index in [0.717, 1.165) is 41.5 Å². The van der Waals surface area contributed by atoms with Crippen LogP contribution in [0.15, 0.2) is 48.5 Å². The van der Waals surface area contributed by atoms with E-state index in [1.54, 1.807) is 0 Å². The normalized spacial score (nSPS) is 17.5. The van der Waals surface area contributed by atoms with E-state index < -0.39 is 11.5 Å². The zero-order chi connectivity index (χ0) is 19.7. The summed E-state index contributed by atoms with van der Waals surface area (Å²) in [6, 6.07) is 13.4. The highest BCUT2D eigenvalue weighted by molar-refractivity contribution is 6.02. The molecule has 1 amide bonds. The molecule has 2 aromatic carbocycles. The molecule has 144 valence electrons. The lowest BCUT2D eigenvalue weighted by atomic mass is 9.87. The zero-order valence-corrected chi connectivity index (χ0v) is 16.1. The number of rotatable bonds is 4. The molecule has 0 spiro atoms. The van der Waals surface area contributed by atoms with Gasteiger partial charge in [-0.2, -0.15) is 0 Å². The molecule has 0 saturated heterocycles. The number of carboxylic acid groups (broad SMARTS) is 1. The molecule has 2 aromatic rings. The minimum absolute atomic E-state index is 0.305. The van der Waals surface area contributed by atoms with Gasteiger partial charge >= 0.3 is 5.97 Å². The second-order valence-electron chi connectivity index (χ2n) is 7.94. The number of allylic oxidation sites excluding steroid dienone is 2. The fourth-order valence-corrected chi connectivity index (χ4v) is 4.54. The van der Waals surface area contributed by atoms with Crippen LogP contribution in [0.5, 0.6) is 0 Å². The lowest BCUT2D eigenvalue weighted by Crippen LogP contribution is -2.55. The minimum Gasteiger partial charge on any atom is -0.479 e. The molecule has 4 heteroatoms. The van der Waals surface area contributed by atoms with E-state index in [0.29, 0.717) is 18.4 Å². The first kappa shape index (κ1) is 18.5. The van der Waals surface area contributed by atoms with Crippen LogP contribution in [0.25, 0.3) is 5.57 Å². The molecule has 0 heterocycles. The van der Waals surface area contributed by atoms with Crippen molar-refractivity contribution in [2.24, 2.45) is 0 Å². The Morgan fingerprint density at radius 2 is 1.71 bits per heavy atom. The highest BCUT2D eigenvalue weighted by Crippen LogP contribution is 2.34. The van der Waals surface area contributed by atoms with Crippen LogP contribution in [-0.2, 0) is 17.6 Å². The molecule has 0 bridgehead atoms. The van der Waals surface area contributed by atoms with Crippen LogP contribution < -0.4 is 5.32 Å². The van der Waals surface area contributed by atoms with Crippen LogP contribution in [0, 0.1) is 6.92 Å². The number of amides is 1. The molecule has 0 radical (unpaired) electrons. The molecule has 0 fully saturated rings.